The van der Waals surface area contributed by atoms with E-state index >= 15 is 0 Å². The van der Waals surface area contributed by atoms with Crippen molar-refractivity contribution in [1.82, 2.24) is 9.88 Å². The number of aromatic nitrogens is 1. The molecule has 0 spiro atoms. The third-order valence-electron chi connectivity index (χ3n) is 4.33. The van der Waals surface area contributed by atoms with Gasteiger partial charge in [-0.05, 0) is 30.3 Å². The number of benzene rings is 2. The van der Waals surface area contributed by atoms with Crippen LogP contribution in [0.15, 0.2) is 42.5 Å². The van der Waals surface area contributed by atoms with Gasteiger partial charge < -0.3 is 9.88 Å². The standard InChI is InChI=1S/C18H14ClFN2O/c19-15-4-2-1-3-12(15)18(23)22-8-7-17-14(10-22)13-9-11(20)5-6-16(13)21-17/h1-6,9,21H,7-8,10H2. The first kappa shape index (κ1) is 14.3. The fraction of sp³-hybridized carbons (Fsp3) is 0.167. The van der Waals surface area contributed by atoms with Crippen molar-refractivity contribution in [1.29, 1.82) is 0 Å². The molecule has 1 N–H and O–H groups in total. The molecule has 0 fully saturated rings. The summed E-state index contributed by atoms with van der Waals surface area (Å²) in [5.74, 6) is -0.360. The van der Waals surface area contributed by atoms with Gasteiger partial charge in [-0.2, -0.15) is 0 Å². The van der Waals surface area contributed by atoms with Crippen molar-refractivity contribution in [3.05, 3.63) is 70.1 Å². The Bertz CT molecular complexity index is 919. The lowest BCUT2D eigenvalue weighted by molar-refractivity contribution is 0.0735. The van der Waals surface area contributed by atoms with Crippen molar-refractivity contribution < 1.29 is 9.18 Å². The van der Waals surface area contributed by atoms with E-state index in [1.807, 2.05) is 0 Å². The second-order valence-corrected chi connectivity index (χ2v) is 6.14. The minimum atomic E-state index is -0.270. The molecule has 2 heterocycles. The van der Waals surface area contributed by atoms with Crippen LogP contribution in [0.1, 0.15) is 21.6 Å². The van der Waals surface area contributed by atoms with Crippen LogP contribution in [0.2, 0.25) is 5.02 Å². The summed E-state index contributed by atoms with van der Waals surface area (Å²) in [5, 5.41) is 1.30. The fourth-order valence-electron chi connectivity index (χ4n) is 3.16. The predicted molar refractivity (Wildman–Crippen MR) is 88.2 cm³/mol. The third-order valence-corrected chi connectivity index (χ3v) is 4.66. The van der Waals surface area contributed by atoms with Crippen molar-refractivity contribution in [3.8, 4) is 0 Å². The molecule has 23 heavy (non-hydrogen) atoms. The zero-order valence-corrected chi connectivity index (χ0v) is 13.0. The first-order chi connectivity index (χ1) is 11.1. The zero-order valence-electron chi connectivity index (χ0n) is 12.3. The first-order valence-electron chi connectivity index (χ1n) is 7.46. The number of nitrogens with one attached hydrogen (secondary N) is 1. The summed E-state index contributed by atoms with van der Waals surface area (Å²) in [7, 11) is 0. The van der Waals surface area contributed by atoms with Crippen LogP contribution in [0.5, 0.6) is 0 Å². The van der Waals surface area contributed by atoms with E-state index < -0.39 is 0 Å². The summed E-state index contributed by atoms with van der Waals surface area (Å²) in [6, 6.07) is 11.8. The van der Waals surface area contributed by atoms with Crippen LogP contribution >= 0.6 is 11.6 Å². The van der Waals surface area contributed by atoms with Gasteiger partial charge >= 0.3 is 0 Å². The Morgan fingerprint density at radius 3 is 2.87 bits per heavy atom. The van der Waals surface area contributed by atoms with Gasteiger partial charge in [-0.15, -0.1) is 0 Å². The summed E-state index contributed by atoms with van der Waals surface area (Å²) < 4.78 is 13.5. The lowest BCUT2D eigenvalue weighted by Crippen LogP contribution is -2.35. The Labute approximate surface area is 137 Å². The molecule has 1 aliphatic rings. The molecule has 5 heteroatoms. The number of rotatable bonds is 1. The Hall–Kier alpha value is -2.33. The van der Waals surface area contributed by atoms with E-state index in [9.17, 15) is 9.18 Å². The normalized spacial score (nSPS) is 14.1. The molecule has 2 aromatic carbocycles. The summed E-state index contributed by atoms with van der Waals surface area (Å²) in [4.78, 5) is 17.8. The summed E-state index contributed by atoms with van der Waals surface area (Å²) >= 11 is 6.13. The second kappa shape index (κ2) is 5.39. The third kappa shape index (κ3) is 2.39. The number of hydrogen-bond acceptors (Lipinski definition) is 1. The molecule has 1 amide bonds. The van der Waals surface area contributed by atoms with E-state index in [1.165, 1.54) is 12.1 Å². The number of carbonyl (C=O) groups excluding carboxylic acids is 1. The van der Waals surface area contributed by atoms with Crippen molar-refractivity contribution in [2.45, 2.75) is 13.0 Å². The van der Waals surface area contributed by atoms with E-state index in [2.05, 4.69) is 4.98 Å². The molecule has 0 bridgehead atoms. The van der Waals surface area contributed by atoms with Gasteiger partial charge in [0.25, 0.3) is 5.91 Å². The van der Waals surface area contributed by atoms with Crippen LogP contribution in [0.25, 0.3) is 10.9 Å². The molecule has 0 aliphatic carbocycles. The van der Waals surface area contributed by atoms with Crippen LogP contribution in [-0.4, -0.2) is 22.3 Å². The minimum Gasteiger partial charge on any atom is -0.358 e. The topological polar surface area (TPSA) is 36.1 Å². The molecule has 3 aromatic rings. The predicted octanol–water partition coefficient (Wildman–Crippen LogP) is 4.16. The lowest BCUT2D eigenvalue weighted by Gasteiger charge is -2.27. The summed E-state index contributed by atoms with van der Waals surface area (Å²) in [6.07, 6.45) is 0.724. The number of halogens is 2. The highest BCUT2D eigenvalue weighted by atomic mass is 35.5. The zero-order chi connectivity index (χ0) is 16.0. The molecule has 0 atom stereocenters. The number of carbonyl (C=O) groups is 1. The Morgan fingerprint density at radius 2 is 2.04 bits per heavy atom. The van der Waals surface area contributed by atoms with Gasteiger partial charge in [0.1, 0.15) is 5.82 Å². The van der Waals surface area contributed by atoms with Gasteiger partial charge in [-0.25, -0.2) is 4.39 Å². The van der Waals surface area contributed by atoms with Crippen LogP contribution in [-0.2, 0) is 13.0 Å². The number of nitrogens with zero attached hydrogens (tertiary/aromatic N) is 1. The number of fused-ring (bicyclic) bond motifs is 3. The minimum absolute atomic E-state index is 0.0907. The maximum absolute atomic E-state index is 13.5. The maximum Gasteiger partial charge on any atom is 0.255 e. The molecule has 0 unspecified atom stereocenters. The van der Waals surface area contributed by atoms with Crippen molar-refractivity contribution in [2.24, 2.45) is 0 Å². The lowest BCUT2D eigenvalue weighted by atomic mass is 10.0. The smallest absolute Gasteiger partial charge is 0.255 e. The van der Waals surface area contributed by atoms with E-state index in [1.54, 1.807) is 35.2 Å². The molecule has 0 radical (unpaired) electrons. The summed E-state index contributed by atoms with van der Waals surface area (Å²) in [5.41, 5.74) is 3.48. The quantitative estimate of drug-likeness (QED) is 0.715. The average molecular weight is 329 g/mol. The molecule has 0 saturated carbocycles. The Morgan fingerprint density at radius 1 is 1.22 bits per heavy atom. The van der Waals surface area contributed by atoms with Crippen molar-refractivity contribution >= 4 is 28.4 Å². The number of aromatic amines is 1. The van der Waals surface area contributed by atoms with E-state index in [-0.39, 0.29) is 11.7 Å². The molecule has 3 nitrogen and oxygen atoms in total. The highest BCUT2D eigenvalue weighted by Gasteiger charge is 2.25. The first-order valence-corrected chi connectivity index (χ1v) is 7.84. The van der Waals surface area contributed by atoms with Crippen LogP contribution in [0.3, 0.4) is 0 Å². The van der Waals surface area contributed by atoms with Gasteiger partial charge in [0.15, 0.2) is 0 Å². The monoisotopic (exact) mass is 328 g/mol. The van der Waals surface area contributed by atoms with Gasteiger partial charge in [0, 0.05) is 41.7 Å². The van der Waals surface area contributed by atoms with Gasteiger partial charge in [-0.3, -0.25) is 4.79 Å². The highest BCUT2D eigenvalue weighted by molar-refractivity contribution is 6.33. The van der Waals surface area contributed by atoms with Crippen molar-refractivity contribution in [3.63, 3.8) is 0 Å². The van der Waals surface area contributed by atoms with Gasteiger partial charge in [0.05, 0.1) is 10.6 Å². The molecule has 1 aromatic heterocycles. The number of H-pyrrole nitrogens is 1. The fourth-order valence-corrected chi connectivity index (χ4v) is 3.38. The molecular formula is C18H14ClFN2O. The van der Waals surface area contributed by atoms with Gasteiger partial charge in [0.2, 0.25) is 0 Å². The van der Waals surface area contributed by atoms with E-state index in [0.717, 1.165) is 28.6 Å². The van der Waals surface area contributed by atoms with E-state index in [0.29, 0.717) is 23.7 Å². The Balaban J connectivity index is 1.71. The number of amides is 1. The maximum atomic E-state index is 13.5. The SMILES string of the molecule is O=C(c1ccccc1Cl)N1CCc2[nH]c3ccc(F)cc3c2C1. The van der Waals surface area contributed by atoms with Crippen LogP contribution in [0, 0.1) is 5.82 Å². The largest absolute Gasteiger partial charge is 0.358 e. The summed E-state index contributed by atoms with van der Waals surface area (Å²) in [6.45, 7) is 1.08. The molecular weight excluding hydrogens is 315 g/mol. The second-order valence-electron chi connectivity index (χ2n) is 5.73. The Kier molecular flexibility index (Phi) is 3.34. The van der Waals surface area contributed by atoms with E-state index in [4.69, 9.17) is 11.6 Å². The van der Waals surface area contributed by atoms with Crippen molar-refractivity contribution in [2.75, 3.05) is 6.54 Å². The highest BCUT2D eigenvalue weighted by Crippen LogP contribution is 2.29. The van der Waals surface area contributed by atoms with Gasteiger partial charge in [-0.1, -0.05) is 23.7 Å². The molecule has 1 aliphatic heterocycles. The van der Waals surface area contributed by atoms with Crippen LogP contribution in [0.4, 0.5) is 4.39 Å². The molecule has 4 rings (SSSR count). The number of hydrogen-bond donors (Lipinski definition) is 1. The molecule has 0 saturated heterocycles. The average Bonchev–Trinajstić information content (AvgIpc) is 2.92. The van der Waals surface area contributed by atoms with Crippen LogP contribution < -0.4 is 0 Å². The molecule has 116 valence electrons.